The summed E-state index contributed by atoms with van der Waals surface area (Å²) >= 11 is 3.13. The van der Waals surface area contributed by atoms with E-state index in [9.17, 15) is 14.3 Å². The van der Waals surface area contributed by atoms with Gasteiger partial charge in [0.25, 0.3) is 0 Å². The Morgan fingerprint density at radius 2 is 1.95 bits per heavy atom. The number of benzene rings is 2. The Bertz CT molecular complexity index is 605. The monoisotopic (exact) mass is 338 g/mol. The van der Waals surface area contributed by atoms with Gasteiger partial charge in [0.05, 0.1) is 11.6 Å². The molecule has 20 heavy (non-hydrogen) atoms. The molecule has 3 nitrogen and oxygen atoms in total. The number of Topliss-reactive ketones (excluding diaryl/α,β-unsaturated/α-hetero) is 1. The molecular weight excluding hydrogens is 327 g/mol. The topological polar surface area (TPSA) is 46.5 Å². The molecule has 2 aromatic carbocycles. The number of rotatable bonds is 4. The second kappa shape index (κ2) is 6.15. The van der Waals surface area contributed by atoms with Crippen LogP contribution in [0.5, 0.6) is 5.75 Å². The third kappa shape index (κ3) is 2.89. The van der Waals surface area contributed by atoms with Crippen molar-refractivity contribution in [3.8, 4) is 5.75 Å². The van der Waals surface area contributed by atoms with Gasteiger partial charge in [0.15, 0.2) is 17.3 Å². The van der Waals surface area contributed by atoms with Crippen molar-refractivity contribution in [2.24, 2.45) is 0 Å². The summed E-state index contributed by atoms with van der Waals surface area (Å²) in [6.07, 6.45) is -1.32. The van der Waals surface area contributed by atoms with E-state index in [0.29, 0.717) is 10.0 Å². The molecule has 0 aromatic heterocycles. The number of methoxy groups -OCH3 is 1. The maximum absolute atomic E-state index is 13.7. The van der Waals surface area contributed by atoms with E-state index in [4.69, 9.17) is 4.74 Å². The summed E-state index contributed by atoms with van der Waals surface area (Å²) in [7, 11) is 1.34. The lowest BCUT2D eigenvalue weighted by Gasteiger charge is -2.12. The molecule has 0 saturated carbocycles. The first-order valence-corrected chi connectivity index (χ1v) is 6.64. The average molecular weight is 339 g/mol. The fourth-order valence-corrected chi connectivity index (χ4v) is 2.44. The summed E-state index contributed by atoms with van der Waals surface area (Å²) in [5.74, 6) is -1.21. The van der Waals surface area contributed by atoms with Crippen LogP contribution in [-0.2, 0) is 0 Å². The van der Waals surface area contributed by atoms with Crippen LogP contribution in [0.3, 0.4) is 0 Å². The number of hydrogen-bond acceptors (Lipinski definition) is 3. The van der Waals surface area contributed by atoms with Crippen LogP contribution >= 0.6 is 15.9 Å². The molecule has 1 unspecified atom stereocenters. The number of carbonyl (C=O) groups excluding carboxylic acids is 1. The van der Waals surface area contributed by atoms with Gasteiger partial charge in [-0.05, 0) is 33.6 Å². The standard InChI is InChI=1S/C15H12BrFO3/c1-20-15-11(16)7-10(8-12(15)17)14(19)13(18)9-5-3-2-4-6-9/h2-8,13,18H,1H3. The number of halogens is 2. The lowest BCUT2D eigenvalue weighted by Crippen LogP contribution is -2.12. The van der Waals surface area contributed by atoms with E-state index in [1.54, 1.807) is 30.3 Å². The van der Waals surface area contributed by atoms with Crippen LogP contribution in [0.2, 0.25) is 0 Å². The van der Waals surface area contributed by atoms with E-state index in [2.05, 4.69) is 15.9 Å². The fourth-order valence-electron chi connectivity index (χ4n) is 1.84. The molecule has 2 rings (SSSR count). The number of aliphatic hydroxyl groups excluding tert-OH is 1. The molecule has 104 valence electrons. The van der Waals surface area contributed by atoms with E-state index in [-0.39, 0.29) is 11.3 Å². The van der Waals surface area contributed by atoms with Gasteiger partial charge < -0.3 is 9.84 Å². The Hall–Kier alpha value is -1.72. The molecule has 1 atom stereocenters. The highest BCUT2D eigenvalue weighted by Gasteiger charge is 2.21. The minimum Gasteiger partial charge on any atom is -0.492 e. The predicted octanol–water partition coefficient (Wildman–Crippen LogP) is 3.51. The SMILES string of the molecule is COc1c(F)cc(C(=O)C(O)c2ccccc2)cc1Br. The Balaban J connectivity index is 2.35. The Kier molecular flexibility index (Phi) is 4.52. The second-order valence-electron chi connectivity index (χ2n) is 4.15. The van der Waals surface area contributed by atoms with E-state index >= 15 is 0 Å². The van der Waals surface area contributed by atoms with Crippen molar-refractivity contribution in [1.29, 1.82) is 0 Å². The maximum Gasteiger partial charge on any atom is 0.195 e. The van der Waals surface area contributed by atoms with Crippen LogP contribution < -0.4 is 4.74 Å². The molecule has 0 saturated heterocycles. The lowest BCUT2D eigenvalue weighted by atomic mass is 10.00. The number of carbonyl (C=O) groups is 1. The van der Waals surface area contributed by atoms with Gasteiger partial charge in [0.1, 0.15) is 6.10 Å². The smallest absolute Gasteiger partial charge is 0.195 e. The average Bonchev–Trinajstić information content (AvgIpc) is 2.46. The van der Waals surface area contributed by atoms with Gasteiger partial charge in [-0.2, -0.15) is 0 Å². The second-order valence-corrected chi connectivity index (χ2v) is 5.00. The number of aliphatic hydroxyl groups is 1. The van der Waals surface area contributed by atoms with Crippen molar-refractivity contribution in [3.05, 3.63) is 63.9 Å². The molecule has 0 amide bonds. The first-order chi connectivity index (χ1) is 9.54. The maximum atomic E-state index is 13.7. The fraction of sp³-hybridized carbons (Fsp3) is 0.133. The third-order valence-electron chi connectivity index (χ3n) is 2.85. The molecular formula is C15H12BrFO3. The zero-order valence-corrected chi connectivity index (χ0v) is 12.2. The van der Waals surface area contributed by atoms with Gasteiger partial charge in [-0.25, -0.2) is 4.39 Å². The van der Waals surface area contributed by atoms with Gasteiger partial charge >= 0.3 is 0 Å². The minimum absolute atomic E-state index is 0.0238. The first-order valence-electron chi connectivity index (χ1n) is 5.85. The van der Waals surface area contributed by atoms with E-state index in [1.807, 2.05) is 0 Å². The molecule has 0 aliphatic carbocycles. The van der Waals surface area contributed by atoms with Crippen LogP contribution in [0.1, 0.15) is 22.0 Å². The molecule has 5 heteroatoms. The summed E-state index contributed by atoms with van der Waals surface area (Å²) in [5, 5.41) is 10.0. The number of ether oxygens (including phenoxy) is 1. The highest BCUT2D eigenvalue weighted by molar-refractivity contribution is 9.10. The molecule has 0 spiro atoms. The van der Waals surface area contributed by atoms with Crippen molar-refractivity contribution < 1.29 is 19.0 Å². The van der Waals surface area contributed by atoms with Gasteiger partial charge in [0, 0.05) is 5.56 Å². The molecule has 0 bridgehead atoms. The highest BCUT2D eigenvalue weighted by Crippen LogP contribution is 2.31. The lowest BCUT2D eigenvalue weighted by molar-refractivity contribution is 0.0747. The largest absolute Gasteiger partial charge is 0.492 e. The highest BCUT2D eigenvalue weighted by atomic mass is 79.9. The van der Waals surface area contributed by atoms with Gasteiger partial charge in [0.2, 0.25) is 0 Å². The predicted molar refractivity (Wildman–Crippen MR) is 76.4 cm³/mol. The van der Waals surface area contributed by atoms with Crippen molar-refractivity contribution in [3.63, 3.8) is 0 Å². The van der Waals surface area contributed by atoms with Crippen LogP contribution in [0, 0.1) is 5.82 Å². The van der Waals surface area contributed by atoms with E-state index in [1.165, 1.54) is 13.2 Å². The van der Waals surface area contributed by atoms with Crippen LogP contribution in [0.4, 0.5) is 4.39 Å². The number of hydrogen-bond donors (Lipinski definition) is 1. The number of ketones is 1. The molecule has 2 aromatic rings. The van der Waals surface area contributed by atoms with Gasteiger partial charge in [-0.15, -0.1) is 0 Å². The van der Waals surface area contributed by atoms with Crippen molar-refractivity contribution in [2.45, 2.75) is 6.10 Å². The quantitative estimate of drug-likeness (QED) is 0.867. The Morgan fingerprint density at radius 1 is 1.30 bits per heavy atom. The van der Waals surface area contributed by atoms with Crippen molar-refractivity contribution in [2.75, 3.05) is 7.11 Å². The zero-order chi connectivity index (χ0) is 14.7. The molecule has 1 N–H and O–H groups in total. The van der Waals surface area contributed by atoms with E-state index in [0.717, 1.165) is 6.07 Å². The summed E-state index contributed by atoms with van der Waals surface area (Å²) in [6, 6.07) is 11.0. The summed E-state index contributed by atoms with van der Waals surface area (Å²) < 4.78 is 18.9. The molecule has 0 fully saturated rings. The molecule has 0 aliphatic heterocycles. The molecule has 0 aliphatic rings. The zero-order valence-electron chi connectivity index (χ0n) is 10.6. The summed E-state index contributed by atoms with van der Waals surface area (Å²) in [4.78, 5) is 12.2. The van der Waals surface area contributed by atoms with Gasteiger partial charge in [-0.3, -0.25) is 4.79 Å². The van der Waals surface area contributed by atoms with Crippen LogP contribution in [-0.4, -0.2) is 18.0 Å². The van der Waals surface area contributed by atoms with Crippen LogP contribution in [0.15, 0.2) is 46.9 Å². The summed E-state index contributed by atoms with van der Waals surface area (Å²) in [5.41, 5.74) is 0.538. The van der Waals surface area contributed by atoms with E-state index < -0.39 is 17.7 Å². The minimum atomic E-state index is -1.32. The van der Waals surface area contributed by atoms with Crippen molar-refractivity contribution >= 4 is 21.7 Å². The Labute approximate surface area is 124 Å². The Morgan fingerprint density at radius 3 is 2.50 bits per heavy atom. The van der Waals surface area contributed by atoms with Crippen molar-refractivity contribution in [1.82, 2.24) is 0 Å². The van der Waals surface area contributed by atoms with Crippen LogP contribution in [0.25, 0.3) is 0 Å². The third-order valence-corrected chi connectivity index (χ3v) is 3.44. The normalized spacial score (nSPS) is 12.0. The molecule has 0 radical (unpaired) electrons. The molecule has 0 heterocycles. The summed E-state index contributed by atoms with van der Waals surface area (Å²) in [6.45, 7) is 0. The van der Waals surface area contributed by atoms with Gasteiger partial charge in [-0.1, -0.05) is 30.3 Å². The first kappa shape index (κ1) is 14.7.